The minimum absolute atomic E-state index is 0.202. The lowest BCUT2D eigenvalue weighted by Crippen LogP contribution is -2.35. The topological polar surface area (TPSA) is 69.7 Å². The number of benzene rings is 2. The summed E-state index contributed by atoms with van der Waals surface area (Å²) in [4.78, 5) is 41.9. The van der Waals surface area contributed by atoms with Crippen LogP contribution in [0.1, 0.15) is 69.2 Å². The zero-order valence-corrected chi connectivity index (χ0v) is 19.4. The molecule has 0 bridgehead atoms. The van der Waals surface area contributed by atoms with E-state index in [9.17, 15) is 14.4 Å². The number of amides is 3. The van der Waals surface area contributed by atoms with Crippen molar-refractivity contribution in [2.75, 3.05) is 32.7 Å². The summed E-state index contributed by atoms with van der Waals surface area (Å²) < 4.78 is 0. The molecule has 1 saturated heterocycles. The van der Waals surface area contributed by atoms with Gasteiger partial charge in [0.15, 0.2) is 0 Å². The molecule has 2 heterocycles. The Labute approximate surface area is 196 Å². The number of carbonyl (C=O) groups is 3. The normalized spacial score (nSPS) is 18.5. The molecule has 1 fully saturated rings. The van der Waals surface area contributed by atoms with Crippen molar-refractivity contribution in [3.8, 4) is 0 Å². The van der Waals surface area contributed by atoms with Gasteiger partial charge in [-0.05, 0) is 74.9 Å². The first-order valence-electron chi connectivity index (χ1n) is 12.1. The molecule has 2 aliphatic heterocycles. The van der Waals surface area contributed by atoms with E-state index in [2.05, 4.69) is 17.1 Å². The fourth-order valence-corrected chi connectivity index (χ4v) is 4.77. The standard InChI is InChI=1S/C27H33N3O3/c1-20-8-7-16-29(19-20)15-6-5-14-28-25(31)22-11-12-23-24(18-22)27(33)30(26(23)32)17-13-21-9-3-2-4-10-21/h2-4,9-12,18,20H,5-8,13-17,19H2,1H3,(H,28,31). The molecule has 1 unspecified atom stereocenters. The largest absolute Gasteiger partial charge is 0.352 e. The van der Waals surface area contributed by atoms with E-state index in [1.807, 2.05) is 30.3 Å². The van der Waals surface area contributed by atoms with E-state index in [0.717, 1.165) is 30.9 Å². The predicted octanol–water partition coefficient (Wildman–Crippen LogP) is 3.77. The summed E-state index contributed by atoms with van der Waals surface area (Å²) in [5.74, 6) is -0.0317. The summed E-state index contributed by atoms with van der Waals surface area (Å²) >= 11 is 0. The van der Waals surface area contributed by atoms with Crippen LogP contribution in [0.25, 0.3) is 0 Å². The number of rotatable bonds is 9. The molecule has 6 heteroatoms. The molecule has 0 aliphatic carbocycles. The molecule has 0 saturated carbocycles. The Morgan fingerprint density at radius 2 is 1.79 bits per heavy atom. The van der Waals surface area contributed by atoms with Crippen LogP contribution >= 0.6 is 0 Å². The molecular weight excluding hydrogens is 414 g/mol. The summed E-state index contributed by atoms with van der Waals surface area (Å²) in [6.45, 7) is 6.68. The summed E-state index contributed by atoms with van der Waals surface area (Å²) in [5.41, 5.74) is 2.19. The number of hydrogen-bond donors (Lipinski definition) is 1. The number of hydrogen-bond acceptors (Lipinski definition) is 4. The number of carbonyl (C=O) groups excluding carboxylic acids is 3. The first-order chi connectivity index (χ1) is 16.0. The number of fused-ring (bicyclic) bond motifs is 1. The maximum Gasteiger partial charge on any atom is 0.261 e. The van der Waals surface area contributed by atoms with Crippen molar-refractivity contribution in [2.24, 2.45) is 5.92 Å². The Morgan fingerprint density at radius 3 is 2.58 bits per heavy atom. The average molecular weight is 448 g/mol. The van der Waals surface area contributed by atoms with Gasteiger partial charge in [-0.1, -0.05) is 37.3 Å². The van der Waals surface area contributed by atoms with Gasteiger partial charge in [0.2, 0.25) is 0 Å². The number of nitrogens with one attached hydrogen (secondary N) is 1. The third-order valence-electron chi connectivity index (χ3n) is 6.63. The van der Waals surface area contributed by atoms with Crippen molar-refractivity contribution in [1.29, 1.82) is 0 Å². The van der Waals surface area contributed by atoms with Crippen LogP contribution in [-0.4, -0.2) is 60.2 Å². The Kier molecular flexibility index (Phi) is 7.55. The Balaban J connectivity index is 1.26. The second-order valence-electron chi connectivity index (χ2n) is 9.27. The quantitative estimate of drug-likeness (QED) is 0.469. The molecule has 6 nitrogen and oxygen atoms in total. The van der Waals surface area contributed by atoms with Crippen LogP contribution in [-0.2, 0) is 6.42 Å². The van der Waals surface area contributed by atoms with Crippen LogP contribution in [0.5, 0.6) is 0 Å². The van der Waals surface area contributed by atoms with Crippen LogP contribution in [0.3, 0.4) is 0 Å². The molecule has 3 amide bonds. The molecule has 0 spiro atoms. The van der Waals surface area contributed by atoms with Gasteiger partial charge in [0.25, 0.3) is 17.7 Å². The molecular formula is C27H33N3O3. The van der Waals surface area contributed by atoms with Crippen molar-refractivity contribution in [3.05, 3.63) is 70.8 Å². The van der Waals surface area contributed by atoms with Crippen LogP contribution in [0.15, 0.2) is 48.5 Å². The van der Waals surface area contributed by atoms with E-state index in [-0.39, 0.29) is 17.7 Å². The fraction of sp³-hybridized carbons (Fsp3) is 0.444. The molecule has 4 rings (SSSR count). The summed E-state index contributed by atoms with van der Waals surface area (Å²) in [6.07, 6.45) is 5.19. The summed E-state index contributed by atoms with van der Waals surface area (Å²) in [7, 11) is 0. The molecule has 2 aliphatic rings. The lowest BCUT2D eigenvalue weighted by molar-refractivity contribution is 0.0656. The molecule has 0 aromatic heterocycles. The smallest absolute Gasteiger partial charge is 0.261 e. The van der Waals surface area contributed by atoms with Crippen LogP contribution in [0.2, 0.25) is 0 Å². The fourth-order valence-electron chi connectivity index (χ4n) is 4.77. The van der Waals surface area contributed by atoms with Gasteiger partial charge in [-0.25, -0.2) is 0 Å². The molecule has 2 aromatic rings. The van der Waals surface area contributed by atoms with Crippen molar-refractivity contribution < 1.29 is 14.4 Å². The molecule has 0 radical (unpaired) electrons. The Hall–Kier alpha value is -2.99. The SMILES string of the molecule is CC1CCCN(CCCCNC(=O)c2ccc3c(c2)C(=O)N(CCc2ccccc2)C3=O)C1. The highest BCUT2D eigenvalue weighted by Crippen LogP contribution is 2.24. The van der Waals surface area contributed by atoms with E-state index >= 15 is 0 Å². The Bertz CT molecular complexity index is 1000. The van der Waals surface area contributed by atoms with Gasteiger partial charge in [0, 0.05) is 25.2 Å². The van der Waals surface area contributed by atoms with Crippen molar-refractivity contribution in [1.82, 2.24) is 15.1 Å². The third kappa shape index (κ3) is 5.69. The number of piperidine rings is 1. The maximum absolute atomic E-state index is 12.8. The van der Waals surface area contributed by atoms with Crippen LogP contribution in [0, 0.1) is 5.92 Å². The van der Waals surface area contributed by atoms with Crippen LogP contribution in [0.4, 0.5) is 0 Å². The minimum Gasteiger partial charge on any atom is -0.352 e. The highest BCUT2D eigenvalue weighted by atomic mass is 16.2. The maximum atomic E-state index is 12.8. The molecule has 33 heavy (non-hydrogen) atoms. The van der Waals surface area contributed by atoms with Gasteiger partial charge >= 0.3 is 0 Å². The second kappa shape index (κ2) is 10.8. The van der Waals surface area contributed by atoms with Crippen LogP contribution < -0.4 is 5.32 Å². The monoisotopic (exact) mass is 447 g/mol. The van der Waals surface area contributed by atoms with Gasteiger partial charge < -0.3 is 10.2 Å². The zero-order valence-electron chi connectivity index (χ0n) is 19.4. The summed E-state index contributed by atoms with van der Waals surface area (Å²) in [5, 5.41) is 2.95. The van der Waals surface area contributed by atoms with Gasteiger partial charge in [0.1, 0.15) is 0 Å². The molecule has 1 atom stereocenters. The molecule has 174 valence electrons. The first kappa shape index (κ1) is 23.2. The number of nitrogens with zero attached hydrogens (tertiary/aromatic N) is 2. The highest BCUT2D eigenvalue weighted by Gasteiger charge is 2.35. The van der Waals surface area contributed by atoms with Gasteiger partial charge in [0.05, 0.1) is 11.1 Å². The van der Waals surface area contributed by atoms with Crippen molar-refractivity contribution in [3.63, 3.8) is 0 Å². The van der Waals surface area contributed by atoms with Crippen molar-refractivity contribution >= 4 is 17.7 Å². The lowest BCUT2D eigenvalue weighted by atomic mass is 10.0. The number of imide groups is 1. The third-order valence-corrected chi connectivity index (χ3v) is 6.63. The molecule has 2 aromatic carbocycles. The predicted molar refractivity (Wildman–Crippen MR) is 128 cm³/mol. The number of likely N-dealkylation sites (tertiary alicyclic amines) is 1. The van der Waals surface area contributed by atoms with E-state index in [1.165, 1.54) is 30.8 Å². The second-order valence-corrected chi connectivity index (χ2v) is 9.27. The average Bonchev–Trinajstić information content (AvgIpc) is 3.07. The number of unbranched alkanes of at least 4 members (excludes halogenated alkanes) is 1. The molecule has 1 N–H and O–H groups in total. The zero-order chi connectivity index (χ0) is 23.2. The van der Waals surface area contributed by atoms with E-state index in [1.54, 1.807) is 18.2 Å². The van der Waals surface area contributed by atoms with E-state index in [4.69, 9.17) is 0 Å². The van der Waals surface area contributed by atoms with Gasteiger partial charge in [-0.15, -0.1) is 0 Å². The van der Waals surface area contributed by atoms with E-state index < -0.39 is 0 Å². The van der Waals surface area contributed by atoms with Gasteiger partial charge in [-0.2, -0.15) is 0 Å². The van der Waals surface area contributed by atoms with Crippen molar-refractivity contribution in [2.45, 2.75) is 39.0 Å². The van der Waals surface area contributed by atoms with E-state index in [0.29, 0.717) is 36.2 Å². The first-order valence-corrected chi connectivity index (χ1v) is 12.1. The minimum atomic E-state index is -0.323. The lowest BCUT2D eigenvalue weighted by Gasteiger charge is -2.30. The Morgan fingerprint density at radius 1 is 1.00 bits per heavy atom. The van der Waals surface area contributed by atoms with Gasteiger partial charge in [-0.3, -0.25) is 19.3 Å². The summed E-state index contributed by atoms with van der Waals surface area (Å²) in [6, 6.07) is 14.6. The highest BCUT2D eigenvalue weighted by molar-refractivity contribution is 6.22.